The van der Waals surface area contributed by atoms with Crippen molar-refractivity contribution in [3.63, 3.8) is 0 Å². The molecule has 0 atom stereocenters. The molecule has 0 amide bonds. The summed E-state index contributed by atoms with van der Waals surface area (Å²) in [5, 5.41) is 0.604. The molecule has 1 aromatic heterocycles. The summed E-state index contributed by atoms with van der Waals surface area (Å²) in [6.45, 7) is 0.660. The molecule has 1 aromatic carbocycles. The quantitative estimate of drug-likeness (QED) is 0.489. The monoisotopic (exact) mass is 194 g/mol. The minimum absolute atomic E-state index is 0.604. The highest BCUT2D eigenvalue weighted by Gasteiger charge is 2.00. The molecular formula is C8H10N4S. The fourth-order valence-electron chi connectivity index (χ4n) is 1.21. The summed E-state index contributed by atoms with van der Waals surface area (Å²) in [7, 11) is 0. The number of hydrazine groups is 1. The topological polar surface area (TPSA) is 77.0 Å². The minimum Gasteiger partial charge on any atom is -0.375 e. The molecular weight excluding hydrogens is 184 g/mol. The molecule has 0 fully saturated rings. The molecule has 0 radical (unpaired) electrons. The van der Waals surface area contributed by atoms with Gasteiger partial charge in [0.05, 0.1) is 10.2 Å². The van der Waals surface area contributed by atoms with E-state index in [1.807, 2.05) is 18.2 Å². The van der Waals surface area contributed by atoms with E-state index in [2.05, 4.69) is 10.4 Å². The molecule has 0 bridgehead atoms. The molecule has 0 aliphatic heterocycles. The zero-order valence-corrected chi connectivity index (χ0v) is 7.77. The predicted octanol–water partition coefficient (Wildman–Crippen LogP) is 0.842. The number of nitrogen functional groups attached to an aromatic ring is 1. The lowest BCUT2D eigenvalue weighted by Gasteiger charge is -1.97. The van der Waals surface area contributed by atoms with Crippen LogP contribution in [0.5, 0.6) is 0 Å². The van der Waals surface area contributed by atoms with Crippen LogP contribution in [-0.4, -0.2) is 4.98 Å². The average Bonchev–Trinajstić information content (AvgIpc) is 2.44. The SMILES string of the molecule is NNCc1ccc2nc(N)sc2c1. The summed E-state index contributed by atoms with van der Waals surface area (Å²) in [6, 6.07) is 5.99. The van der Waals surface area contributed by atoms with Crippen molar-refractivity contribution in [3.05, 3.63) is 23.8 Å². The van der Waals surface area contributed by atoms with Crippen molar-refractivity contribution in [1.29, 1.82) is 0 Å². The molecule has 5 heteroatoms. The smallest absolute Gasteiger partial charge is 0.181 e. The van der Waals surface area contributed by atoms with Crippen LogP contribution < -0.4 is 17.0 Å². The first-order chi connectivity index (χ1) is 6.29. The van der Waals surface area contributed by atoms with E-state index in [9.17, 15) is 0 Å². The van der Waals surface area contributed by atoms with E-state index in [4.69, 9.17) is 11.6 Å². The summed E-state index contributed by atoms with van der Waals surface area (Å²) >= 11 is 1.49. The Labute approximate surface area is 79.5 Å². The van der Waals surface area contributed by atoms with Gasteiger partial charge in [0.1, 0.15) is 0 Å². The van der Waals surface area contributed by atoms with Crippen LogP contribution in [0.3, 0.4) is 0 Å². The molecule has 5 N–H and O–H groups in total. The molecule has 2 rings (SSSR count). The Morgan fingerprint density at radius 3 is 3.08 bits per heavy atom. The van der Waals surface area contributed by atoms with Crippen LogP contribution in [0.4, 0.5) is 5.13 Å². The van der Waals surface area contributed by atoms with Gasteiger partial charge in [-0.2, -0.15) is 0 Å². The van der Waals surface area contributed by atoms with E-state index in [0.29, 0.717) is 11.7 Å². The van der Waals surface area contributed by atoms with E-state index >= 15 is 0 Å². The number of nitrogens with two attached hydrogens (primary N) is 2. The van der Waals surface area contributed by atoms with Crippen LogP contribution in [0, 0.1) is 0 Å². The number of aromatic nitrogens is 1. The van der Waals surface area contributed by atoms with Crippen molar-refractivity contribution in [2.24, 2.45) is 5.84 Å². The second-order valence-corrected chi connectivity index (χ2v) is 3.80. The van der Waals surface area contributed by atoms with E-state index < -0.39 is 0 Å². The van der Waals surface area contributed by atoms with Gasteiger partial charge < -0.3 is 5.73 Å². The average molecular weight is 194 g/mol. The molecule has 0 unspecified atom stereocenters. The molecule has 0 aliphatic rings. The largest absolute Gasteiger partial charge is 0.375 e. The fraction of sp³-hybridized carbons (Fsp3) is 0.125. The number of benzene rings is 1. The molecule has 0 saturated heterocycles. The van der Waals surface area contributed by atoms with Crippen molar-refractivity contribution in [3.8, 4) is 0 Å². The van der Waals surface area contributed by atoms with Gasteiger partial charge in [0, 0.05) is 6.54 Å². The summed E-state index contributed by atoms with van der Waals surface area (Å²) in [4.78, 5) is 4.16. The molecule has 0 spiro atoms. The third-order valence-corrected chi connectivity index (χ3v) is 2.62. The fourth-order valence-corrected chi connectivity index (χ4v) is 2.01. The molecule has 68 valence electrons. The van der Waals surface area contributed by atoms with Crippen LogP contribution in [0.1, 0.15) is 5.56 Å². The highest BCUT2D eigenvalue weighted by atomic mass is 32.1. The van der Waals surface area contributed by atoms with Gasteiger partial charge in [0.25, 0.3) is 0 Å². The number of hydrogen-bond acceptors (Lipinski definition) is 5. The lowest BCUT2D eigenvalue weighted by Crippen LogP contribution is -2.20. The maximum absolute atomic E-state index is 5.58. The Hall–Kier alpha value is -1.17. The van der Waals surface area contributed by atoms with Crippen LogP contribution >= 0.6 is 11.3 Å². The Morgan fingerprint density at radius 1 is 1.46 bits per heavy atom. The Balaban J connectivity index is 2.48. The lowest BCUT2D eigenvalue weighted by molar-refractivity contribution is 0.742. The second-order valence-electron chi connectivity index (χ2n) is 2.74. The van der Waals surface area contributed by atoms with E-state index in [0.717, 1.165) is 15.8 Å². The van der Waals surface area contributed by atoms with E-state index in [1.54, 1.807) is 0 Å². The third-order valence-electron chi connectivity index (χ3n) is 1.78. The number of nitrogens with zero attached hydrogens (tertiary/aromatic N) is 1. The van der Waals surface area contributed by atoms with Gasteiger partial charge in [-0.05, 0) is 17.7 Å². The molecule has 0 aliphatic carbocycles. The lowest BCUT2D eigenvalue weighted by atomic mass is 10.2. The number of anilines is 1. The number of nitrogens with one attached hydrogen (secondary N) is 1. The Morgan fingerprint density at radius 2 is 2.31 bits per heavy atom. The van der Waals surface area contributed by atoms with Crippen molar-refractivity contribution >= 4 is 26.7 Å². The number of rotatable bonds is 2. The van der Waals surface area contributed by atoms with Gasteiger partial charge in [0.2, 0.25) is 0 Å². The number of thiazole rings is 1. The van der Waals surface area contributed by atoms with Gasteiger partial charge in [-0.3, -0.25) is 11.3 Å². The molecule has 1 heterocycles. The van der Waals surface area contributed by atoms with Crippen LogP contribution in [-0.2, 0) is 6.54 Å². The normalized spacial score (nSPS) is 10.8. The Kier molecular flexibility index (Phi) is 2.13. The predicted molar refractivity (Wildman–Crippen MR) is 55.1 cm³/mol. The first-order valence-electron chi connectivity index (χ1n) is 3.88. The van der Waals surface area contributed by atoms with Crippen molar-refractivity contribution in [2.75, 3.05) is 5.73 Å². The standard InChI is InChI=1S/C8H10N4S/c9-8-12-6-2-1-5(4-11-10)3-7(6)13-8/h1-3,11H,4,10H2,(H2,9,12). The highest BCUT2D eigenvalue weighted by Crippen LogP contribution is 2.24. The third kappa shape index (κ3) is 1.62. The molecule has 4 nitrogen and oxygen atoms in total. The first-order valence-corrected chi connectivity index (χ1v) is 4.69. The summed E-state index contributed by atoms with van der Waals surface area (Å²) in [5.41, 5.74) is 10.3. The highest BCUT2D eigenvalue weighted by molar-refractivity contribution is 7.22. The molecule has 2 aromatic rings. The van der Waals surface area contributed by atoms with Crippen LogP contribution in [0.2, 0.25) is 0 Å². The summed E-state index contributed by atoms with van der Waals surface area (Å²) < 4.78 is 1.10. The van der Waals surface area contributed by atoms with Gasteiger partial charge in [-0.15, -0.1) is 0 Å². The van der Waals surface area contributed by atoms with E-state index in [1.165, 1.54) is 11.3 Å². The van der Waals surface area contributed by atoms with Gasteiger partial charge in [-0.1, -0.05) is 17.4 Å². The van der Waals surface area contributed by atoms with Crippen molar-refractivity contribution in [2.45, 2.75) is 6.54 Å². The Bertz CT molecular complexity index is 423. The second kappa shape index (κ2) is 3.29. The number of hydrogen-bond donors (Lipinski definition) is 3. The van der Waals surface area contributed by atoms with Crippen LogP contribution in [0.15, 0.2) is 18.2 Å². The number of fused-ring (bicyclic) bond motifs is 1. The first kappa shape index (κ1) is 8.43. The maximum Gasteiger partial charge on any atom is 0.181 e. The van der Waals surface area contributed by atoms with Crippen molar-refractivity contribution < 1.29 is 0 Å². The zero-order chi connectivity index (χ0) is 9.26. The molecule has 0 saturated carbocycles. The van der Waals surface area contributed by atoms with Gasteiger partial charge >= 0.3 is 0 Å². The zero-order valence-electron chi connectivity index (χ0n) is 6.95. The molecule has 13 heavy (non-hydrogen) atoms. The van der Waals surface area contributed by atoms with Crippen LogP contribution in [0.25, 0.3) is 10.2 Å². The maximum atomic E-state index is 5.58. The van der Waals surface area contributed by atoms with Gasteiger partial charge in [-0.25, -0.2) is 4.98 Å². The summed E-state index contributed by atoms with van der Waals surface area (Å²) in [6.07, 6.45) is 0. The minimum atomic E-state index is 0.604. The van der Waals surface area contributed by atoms with Crippen molar-refractivity contribution in [1.82, 2.24) is 10.4 Å². The van der Waals surface area contributed by atoms with E-state index in [-0.39, 0.29) is 0 Å². The summed E-state index contributed by atoms with van der Waals surface area (Å²) in [5.74, 6) is 5.22. The van der Waals surface area contributed by atoms with Gasteiger partial charge in [0.15, 0.2) is 5.13 Å².